The van der Waals surface area contributed by atoms with Crippen molar-refractivity contribution >= 4 is 0 Å². The van der Waals surface area contributed by atoms with E-state index < -0.39 is 0 Å². The summed E-state index contributed by atoms with van der Waals surface area (Å²) in [5.74, 6) is 0. The molecule has 0 bridgehead atoms. The van der Waals surface area contributed by atoms with Crippen LogP contribution in [0.4, 0.5) is 0 Å². The lowest BCUT2D eigenvalue weighted by molar-refractivity contribution is 0.875. The Balaban J connectivity index is 2.20. The SMILES string of the molecule is O=c1cc[nH]nc1-c1ccnn1-c1ccccc1. The Morgan fingerprint density at radius 2 is 1.89 bits per heavy atom. The van der Waals surface area contributed by atoms with Crippen LogP contribution in [0.3, 0.4) is 0 Å². The Hall–Kier alpha value is -2.69. The first kappa shape index (κ1) is 10.5. The molecule has 0 saturated carbocycles. The summed E-state index contributed by atoms with van der Waals surface area (Å²) in [7, 11) is 0. The zero-order valence-corrected chi connectivity index (χ0v) is 9.45. The molecule has 3 aromatic rings. The fraction of sp³-hybridized carbons (Fsp3) is 0. The standard InChI is InChI=1S/C13H10N4O/c18-12-7-8-14-16-13(12)11-6-9-15-17(11)10-4-2-1-3-5-10/h1-9H,(H,14,18). The zero-order valence-electron chi connectivity index (χ0n) is 9.45. The highest BCUT2D eigenvalue weighted by Crippen LogP contribution is 2.16. The van der Waals surface area contributed by atoms with Crippen LogP contribution < -0.4 is 5.43 Å². The first-order valence-corrected chi connectivity index (χ1v) is 5.50. The highest BCUT2D eigenvalue weighted by atomic mass is 16.1. The van der Waals surface area contributed by atoms with Crippen molar-refractivity contribution < 1.29 is 0 Å². The van der Waals surface area contributed by atoms with Gasteiger partial charge in [0.1, 0.15) is 0 Å². The maximum atomic E-state index is 11.8. The van der Waals surface area contributed by atoms with E-state index in [0.717, 1.165) is 5.69 Å². The monoisotopic (exact) mass is 238 g/mol. The lowest BCUT2D eigenvalue weighted by atomic mass is 10.2. The predicted octanol–water partition coefficient (Wildman–Crippen LogP) is 1.62. The Labute approximate surface area is 103 Å². The highest BCUT2D eigenvalue weighted by molar-refractivity contribution is 5.56. The summed E-state index contributed by atoms with van der Waals surface area (Å²) in [5, 5.41) is 10.9. The molecule has 2 heterocycles. The summed E-state index contributed by atoms with van der Waals surface area (Å²) in [6, 6.07) is 12.8. The largest absolute Gasteiger partial charge is 0.287 e. The number of para-hydroxylation sites is 1. The molecule has 5 nitrogen and oxygen atoms in total. The first-order valence-electron chi connectivity index (χ1n) is 5.50. The molecule has 0 atom stereocenters. The molecule has 0 saturated heterocycles. The minimum Gasteiger partial charge on any atom is -0.287 e. The van der Waals surface area contributed by atoms with Gasteiger partial charge in [0.15, 0.2) is 5.69 Å². The van der Waals surface area contributed by atoms with Gasteiger partial charge in [0.05, 0.1) is 17.6 Å². The van der Waals surface area contributed by atoms with E-state index in [0.29, 0.717) is 11.4 Å². The number of benzene rings is 1. The van der Waals surface area contributed by atoms with E-state index in [-0.39, 0.29) is 5.43 Å². The maximum Gasteiger partial charge on any atom is 0.209 e. The highest BCUT2D eigenvalue weighted by Gasteiger charge is 2.11. The molecule has 0 aliphatic heterocycles. The third kappa shape index (κ3) is 1.71. The third-order valence-corrected chi connectivity index (χ3v) is 2.61. The Morgan fingerprint density at radius 3 is 2.67 bits per heavy atom. The normalized spacial score (nSPS) is 10.4. The van der Waals surface area contributed by atoms with Crippen LogP contribution in [0.15, 0.2) is 59.7 Å². The number of H-pyrrole nitrogens is 1. The lowest BCUT2D eigenvalue weighted by Crippen LogP contribution is -2.10. The molecule has 1 aromatic carbocycles. The second-order valence-electron chi connectivity index (χ2n) is 3.75. The van der Waals surface area contributed by atoms with Crippen LogP contribution in [0.25, 0.3) is 17.1 Å². The summed E-state index contributed by atoms with van der Waals surface area (Å²) in [4.78, 5) is 11.8. The molecule has 1 N–H and O–H groups in total. The van der Waals surface area contributed by atoms with Crippen LogP contribution in [-0.4, -0.2) is 20.0 Å². The van der Waals surface area contributed by atoms with Gasteiger partial charge in [0.2, 0.25) is 5.43 Å². The van der Waals surface area contributed by atoms with Crippen LogP contribution in [0.5, 0.6) is 0 Å². The van der Waals surface area contributed by atoms with E-state index in [9.17, 15) is 4.79 Å². The summed E-state index contributed by atoms with van der Waals surface area (Å²) in [5.41, 5.74) is 1.79. The minimum atomic E-state index is -0.133. The molecule has 2 aromatic heterocycles. The van der Waals surface area contributed by atoms with Gasteiger partial charge in [-0.2, -0.15) is 10.2 Å². The van der Waals surface area contributed by atoms with Crippen molar-refractivity contribution in [2.75, 3.05) is 0 Å². The molecule has 0 amide bonds. The van der Waals surface area contributed by atoms with Gasteiger partial charge in [-0.25, -0.2) is 4.68 Å². The van der Waals surface area contributed by atoms with E-state index in [1.807, 2.05) is 30.3 Å². The molecule has 3 rings (SSSR count). The molecule has 5 heteroatoms. The van der Waals surface area contributed by atoms with Crippen LogP contribution in [0.1, 0.15) is 0 Å². The molecule has 0 spiro atoms. The van der Waals surface area contributed by atoms with Crippen molar-refractivity contribution in [2.24, 2.45) is 0 Å². The van der Waals surface area contributed by atoms with Crippen molar-refractivity contribution in [3.63, 3.8) is 0 Å². The molecular weight excluding hydrogens is 228 g/mol. The van der Waals surface area contributed by atoms with E-state index in [4.69, 9.17) is 0 Å². The van der Waals surface area contributed by atoms with Crippen LogP contribution in [0, 0.1) is 0 Å². The van der Waals surface area contributed by atoms with E-state index in [2.05, 4.69) is 15.3 Å². The van der Waals surface area contributed by atoms with Crippen LogP contribution in [-0.2, 0) is 0 Å². The van der Waals surface area contributed by atoms with Gasteiger partial charge >= 0.3 is 0 Å². The minimum absolute atomic E-state index is 0.133. The molecular formula is C13H10N4O. The number of nitrogens with one attached hydrogen (secondary N) is 1. The molecule has 0 aliphatic rings. The van der Waals surface area contributed by atoms with Crippen LogP contribution in [0.2, 0.25) is 0 Å². The fourth-order valence-electron chi connectivity index (χ4n) is 1.79. The topological polar surface area (TPSA) is 63.6 Å². The van der Waals surface area contributed by atoms with Crippen molar-refractivity contribution in [3.05, 3.63) is 65.1 Å². The number of hydrogen-bond acceptors (Lipinski definition) is 3. The molecule has 0 unspecified atom stereocenters. The molecule has 88 valence electrons. The number of nitrogens with zero attached hydrogens (tertiary/aromatic N) is 3. The second kappa shape index (κ2) is 4.29. The van der Waals surface area contributed by atoms with Gasteiger partial charge in [-0.05, 0) is 18.2 Å². The van der Waals surface area contributed by atoms with Crippen LogP contribution >= 0.6 is 0 Å². The molecule has 0 fully saturated rings. The average Bonchev–Trinajstić information content (AvgIpc) is 2.89. The predicted molar refractivity (Wildman–Crippen MR) is 67.4 cm³/mol. The van der Waals surface area contributed by atoms with Crippen molar-refractivity contribution in [1.29, 1.82) is 0 Å². The maximum absolute atomic E-state index is 11.8. The second-order valence-corrected chi connectivity index (χ2v) is 3.75. The van der Waals surface area contributed by atoms with Gasteiger partial charge in [-0.1, -0.05) is 18.2 Å². The summed E-state index contributed by atoms with van der Waals surface area (Å²) >= 11 is 0. The fourth-order valence-corrected chi connectivity index (χ4v) is 1.79. The van der Waals surface area contributed by atoms with Gasteiger partial charge in [-0.15, -0.1) is 0 Å². The van der Waals surface area contributed by atoms with E-state index in [1.165, 1.54) is 12.3 Å². The van der Waals surface area contributed by atoms with E-state index >= 15 is 0 Å². The molecule has 0 radical (unpaired) electrons. The van der Waals surface area contributed by atoms with Crippen molar-refractivity contribution in [3.8, 4) is 17.1 Å². The summed E-state index contributed by atoms with van der Waals surface area (Å²) in [6.45, 7) is 0. The van der Waals surface area contributed by atoms with Gasteiger partial charge in [0, 0.05) is 12.3 Å². The Morgan fingerprint density at radius 1 is 1.06 bits per heavy atom. The average molecular weight is 238 g/mol. The molecule has 18 heavy (non-hydrogen) atoms. The zero-order chi connectivity index (χ0) is 12.4. The molecule has 0 aliphatic carbocycles. The van der Waals surface area contributed by atoms with Crippen molar-refractivity contribution in [1.82, 2.24) is 20.0 Å². The van der Waals surface area contributed by atoms with E-state index in [1.54, 1.807) is 16.9 Å². The number of hydrogen-bond donors (Lipinski definition) is 1. The smallest absolute Gasteiger partial charge is 0.209 e. The third-order valence-electron chi connectivity index (χ3n) is 2.61. The quantitative estimate of drug-likeness (QED) is 0.738. The summed E-state index contributed by atoms with van der Waals surface area (Å²) in [6.07, 6.45) is 3.16. The number of rotatable bonds is 2. The van der Waals surface area contributed by atoms with Gasteiger partial charge in [-0.3, -0.25) is 9.89 Å². The van der Waals surface area contributed by atoms with Crippen molar-refractivity contribution in [2.45, 2.75) is 0 Å². The summed E-state index contributed by atoms with van der Waals surface area (Å²) < 4.78 is 1.69. The first-order chi connectivity index (χ1) is 8.86. The Kier molecular flexibility index (Phi) is 2.49. The Bertz CT molecular complexity index is 715. The van der Waals surface area contributed by atoms with Gasteiger partial charge in [0.25, 0.3) is 0 Å². The number of aromatic nitrogens is 4. The van der Waals surface area contributed by atoms with Gasteiger partial charge < -0.3 is 0 Å². The number of aromatic amines is 1. The lowest BCUT2D eigenvalue weighted by Gasteiger charge is -2.05.